The number of para-hydroxylation sites is 4. The smallest absolute Gasteiger partial charge is 0.0641 e. The summed E-state index contributed by atoms with van der Waals surface area (Å²) in [6, 6.07) is 73.9. The van der Waals surface area contributed by atoms with Crippen molar-refractivity contribution in [1.29, 1.82) is 0 Å². The van der Waals surface area contributed by atoms with E-state index in [1.54, 1.807) is 0 Å². The second kappa shape index (κ2) is 11.9. The first-order valence-electron chi connectivity index (χ1n) is 20.1. The van der Waals surface area contributed by atoms with Crippen LogP contribution in [-0.2, 0) is 6.42 Å². The topological polar surface area (TPSA) is 14.8 Å². The van der Waals surface area contributed by atoms with E-state index >= 15 is 0 Å². The van der Waals surface area contributed by atoms with Gasteiger partial charge in [0.1, 0.15) is 0 Å². The fourth-order valence-corrected chi connectivity index (χ4v) is 10.1. The van der Waals surface area contributed by atoms with E-state index in [0.717, 1.165) is 12.1 Å². The van der Waals surface area contributed by atoms with Crippen LogP contribution in [-0.4, -0.2) is 13.7 Å². The van der Waals surface area contributed by atoms with E-state index in [2.05, 4.69) is 214 Å². The Bertz CT molecular complexity index is 3640. The number of aromatic nitrogens is 3. The Morgan fingerprint density at radius 1 is 0.293 bits per heavy atom. The van der Waals surface area contributed by atoms with Gasteiger partial charge in [-0.1, -0.05) is 127 Å². The first-order valence-corrected chi connectivity index (χ1v) is 20.1. The van der Waals surface area contributed by atoms with E-state index in [1.807, 2.05) is 0 Å². The van der Waals surface area contributed by atoms with E-state index in [0.29, 0.717) is 0 Å². The number of hydrogen-bond acceptors (Lipinski definition) is 0. The molecule has 13 rings (SSSR count). The lowest BCUT2D eigenvalue weighted by atomic mass is 9.98. The van der Waals surface area contributed by atoms with Gasteiger partial charge in [-0.2, -0.15) is 0 Å². The molecule has 0 saturated carbocycles. The summed E-state index contributed by atoms with van der Waals surface area (Å²) in [4.78, 5) is 0. The van der Waals surface area contributed by atoms with Crippen molar-refractivity contribution in [2.45, 2.75) is 6.42 Å². The summed E-state index contributed by atoms with van der Waals surface area (Å²) in [5.74, 6) is 0. The molecule has 1 aliphatic carbocycles. The van der Waals surface area contributed by atoms with Gasteiger partial charge in [-0.05, 0) is 113 Å². The molecule has 0 radical (unpaired) electrons. The van der Waals surface area contributed by atoms with Crippen LogP contribution in [0, 0.1) is 0 Å². The van der Waals surface area contributed by atoms with Crippen LogP contribution in [0.4, 0.5) is 0 Å². The minimum absolute atomic E-state index is 0.961. The van der Waals surface area contributed by atoms with Crippen LogP contribution in [0.2, 0.25) is 0 Å². The second-order valence-electron chi connectivity index (χ2n) is 15.7. The Labute approximate surface area is 334 Å². The van der Waals surface area contributed by atoms with Gasteiger partial charge in [0.2, 0.25) is 0 Å². The summed E-state index contributed by atoms with van der Waals surface area (Å²) in [5, 5.41) is 7.52. The van der Waals surface area contributed by atoms with Gasteiger partial charge in [0.15, 0.2) is 0 Å². The summed E-state index contributed by atoms with van der Waals surface area (Å²) in [6.45, 7) is 0. The fraction of sp³-hybridized carbons (Fsp3) is 0.0182. The van der Waals surface area contributed by atoms with Crippen molar-refractivity contribution in [2.75, 3.05) is 0 Å². The van der Waals surface area contributed by atoms with Crippen LogP contribution in [0.25, 0.3) is 105 Å². The normalized spacial score (nSPS) is 12.4. The molecule has 3 aromatic heterocycles. The lowest BCUT2D eigenvalue weighted by Crippen LogP contribution is -1.97. The van der Waals surface area contributed by atoms with Gasteiger partial charge >= 0.3 is 0 Å². The molecule has 0 spiro atoms. The maximum atomic E-state index is 2.52. The molecule has 3 heteroatoms. The van der Waals surface area contributed by atoms with Gasteiger partial charge in [-0.15, -0.1) is 0 Å². The third-order valence-corrected chi connectivity index (χ3v) is 12.6. The van der Waals surface area contributed by atoms with E-state index in [1.165, 1.54) is 110 Å². The number of benzene rings is 9. The van der Waals surface area contributed by atoms with E-state index in [-0.39, 0.29) is 0 Å². The average Bonchev–Trinajstić information content (AvgIpc) is 4.02. The summed E-state index contributed by atoms with van der Waals surface area (Å²) in [7, 11) is 0. The Morgan fingerprint density at radius 2 is 0.828 bits per heavy atom. The lowest BCUT2D eigenvalue weighted by Gasteiger charge is -2.12. The Hall–Kier alpha value is -7.62. The zero-order valence-corrected chi connectivity index (χ0v) is 31.6. The average molecular weight is 738 g/mol. The Kier molecular flexibility index (Phi) is 6.50. The minimum atomic E-state index is 0.961. The highest BCUT2D eigenvalue weighted by Crippen LogP contribution is 2.45. The number of nitrogens with zero attached hydrogens (tertiary/aromatic N) is 3. The highest BCUT2D eigenvalue weighted by molar-refractivity contribution is 6.26. The van der Waals surface area contributed by atoms with Gasteiger partial charge < -0.3 is 13.7 Å². The number of rotatable bonds is 4. The van der Waals surface area contributed by atoms with Crippen molar-refractivity contribution < 1.29 is 0 Å². The van der Waals surface area contributed by atoms with Crippen LogP contribution < -0.4 is 0 Å². The van der Waals surface area contributed by atoms with Gasteiger partial charge in [-0.3, -0.25) is 0 Å². The largest absolute Gasteiger partial charge is 0.309 e. The van der Waals surface area contributed by atoms with Crippen molar-refractivity contribution in [2.24, 2.45) is 0 Å². The Morgan fingerprint density at radius 3 is 1.60 bits per heavy atom. The van der Waals surface area contributed by atoms with Crippen molar-refractivity contribution in [3.63, 3.8) is 0 Å². The molecule has 0 saturated heterocycles. The van der Waals surface area contributed by atoms with E-state index in [4.69, 9.17) is 0 Å². The summed E-state index contributed by atoms with van der Waals surface area (Å²) >= 11 is 0. The highest BCUT2D eigenvalue weighted by atomic mass is 15.0. The van der Waals surface area contributed by atoms with Crippen molar-refractivity contribution >= 4 is 65.4 Å². The molecule has 3 heterocycles. The molecule has 0 fully saturated rings. The summed E-state index contributed by atoms with van der Waals surface area (Å²) in [5.41, 5.74) is 18.7. The summed E-state index contributed by atoms with van der Waals surface area (Å²) in [6.07, 6.45) is 0.961. The molecule has 1 aliphatic rings. The van der Waals surface area contributed by atoms with Crippen LogP contribution >= 0.6 is 0 Å². The molecule has 58 heavy (non-hydrogen) atoms. The Balaban J connectivity index is 1.07. The predicted octanol–water partition coefficient (Wildman–Crippen LogP) is 14.2. The molecule has 0 amide bonds. The van der Waals surface area contributed by atoms with Crippen molar-refractivity contribution in [3.8, 4) is 39.3 Å². The molecule has 9 aromatic carbocycles. The number of hydrogen-bond donors (Lipinski definition) is 0. The minimum Gasteiger partial charge on any atom is -0.309 e. The molecule has 0 N–H and O–H groups in total. The molecule has 12 aromatic rings. The SMILES string of the molecule is c1ccc(-c2ccc3c(c2)-c2cc(-n4c5ccccc5c5c4ccc4c6ccccc6n(-c6ccc7c(c6)c6ccccc6n7-c6ccccc6)c45)ccc2C3)cc1. The third kappa shape index (κ3) is 4.38. The summed E-state index contributed by atoms with van der Waals surface area (Å²) < 4.78 is 7.40. The standard InChI is InChI=1S/C55H35N3/c1-3-13-35(14-4-1)36-23-24-37-31-38-25-26-40(33-47(38)46(37)32-36)57-51-22-12-9-19-45(51)54-53(57)30-28-44-42-17-7-11-21-50(42)58(55(44)54)41-27-29-52-48(34-41)43-18-8-10-20-49(43)56(52)39-15-5-2-6-16-39/h1-30,32-34H,31H2. The molecule has 0 bridgehead atoms. The fourth-order valence-electron chi connectivity index (χ4n) is 10.1. The molecular weight excluding hydrogens is 703 g/mol. The third-order valence-electron chi connectivity index (χ3n) is 12.6. The lowest BCUT2D eigenvalue weighted by molar-refractivity contribution is 1.16. The monoisotopic (exact) mass is 737 g/mol. The van der Waals surface area contributed by atoms with Crippen molar-refractivity contribution in [1.82, 2.24) is 13.7 Å². The van der Waals surface area contributed by atoms with Crippen molar-refractivity contribution in [3.05, 3.63) is 211 Å². The maximum absolute atomic E-state index is 2.52. The molecule has 0 atom stereocenters. The van der Waals surface area contributed by atoms with Crippen LogP contribution in [0.15, 0.2) is 200 Å². The highest BCUT2D eigenvalue weighted by Gasteiger charge is 2.24. The molecule has 3 nitrogen and oxygen atoms in total. The van der Waals surface area contributed by atoms with E-state index < -0.39 is 0 Å². The molecule has 270 valence electrons. The molecule has 0 aliphatic heterocycles. The zero-order chi connectivity index (χ0) is 37.9. The van der Waals surface area contributed by atoms with Gasteiger partial charge in [0.05, 0.1) is 33.1 Å². The van der Waals surface area contributed by atoms with Crippen LogP contribution in [0.3, 0.4) is 0 Å². The molecule has 0 unspecified atom stereocenters. The van der Waals surface area contributed by atoms with Gasteiger partial charge in [0.25, 0.3) is 0 Å². The second-order valence-corrected chi connectivity index (χ2v) is 15.7. The quantitative estimate of drug-likeness (QED) is 0.171. The first-order chi connectivity index (χ1) is 28.8. The van der Waals surface area contributed by atoms with Crippen LogP contribution in [0.5, 0.6) is 0 Å². The maximum Gasteiger partial charge on any atom is 0.0641 e. The van der Waals surface area contributed by atoms with Gasteiger partial charge in [0, 0.05) is 49.4 Å². The number of fused-ring (bicyclic) bond motifs is 13. The first kappa shape index (κ1) is 31.6. The van der Waals surface area contributed by atoms with E-state index in [9.17, 15) is 0 Å². The van der Waals surface area contributed by atoms with Crippen LogP contribution in [0.1, 0.15) is 11.1 Å². The van der Waals surface area contributed by atoms with Gasteiger partial charge in [-0.25, -0.2) is 0 Å². The predicted molar refractivity (Wildman–Crippen MR) is 243 cm³/mol. The molecular formula is C55H35N3. The zero-order valence-electron chi connectivity index (χ0n) is 31.6.